The molecule has 21 heavy (non-hydrogen) atoms. The molecule has 0 aliphatic heterocycles. The number of amides is 1. The van der Waals surface area contributed by atoms with Crippen molar-refractivity contribution >= 4 is 28.5 Å². The SMILES string of the molecule is O=C(NCC(Cl)c1ccccc1)c1coc2ccccc12. The molecule has 3 rings (SSSR count). The Morgan fingerprint density at radius 2 is 1.81 bits per heavy atom. The van der Waals surface area contributed by atoms with Crippen LogP contribution in [0.25, 0.3) is 11.0 Å². The monoisotopic (exact) mass is 299 g/mol. The van der Waals surface area contributed by atoms with Crippen LogP contribution in [0.3, 0.4) is 0 Å². The molecule has 1 atom stereocenters. The lowest BCUT2D eigenvalue weighted by Crippen LogP contribution is -2.26. The predicted molar refractivity (Wildman–Crippen MR) is 83.6 cm³/mol. The van der Waals surface area contributed by atoms with Gasteiger partial charge in [-0.25, -0.2) is 0 Å². The zero-order chi connectivity index (χ0) is 14.7. The number of nitrogens with one attached hydrogen (secondary N) is 1. The summed E-state index contributed by atoms with van der Waals surface area (Å²) >= 11 is 6.29. The highest BCUT2D eigenvalue weighted by molar-refractivity contribution is 6.21. The van der Waals surface area contributed by atoms with E-state index < -0.39 is 0 Å². The van der Waals surface area contributed by atoms with E-state index >= 15 is 0 Å². The van der Waals surface area contributed by atoms with Gasteiger partial charge in [-0.15, -0.1) is 11.6 Å². The van der Waals surface area contributed by atoms with Gasteiger partial charge in [0, 0.05) is 11.9 Å². The fourth-order valence-electron chi connectivity index (χ4n) is 2.21. The van der Waals surface area contributed by atoms with Gasteiger partial charge in [0.2, 0.25) is 0 Å². The van der Waals surface area contributed by atoms with Gasteiger partial charge in [0.1, 0.15) is 11.8 Å². The number of benzene rings is 2. The topological polar surface area (TPSA) is 42.2 Å². The molecule has 0 bridgehead atoms. The molecular formula is C17H14ClNO2. The van der Waals surface area contributed by atoms with Crippen LogP contribution in [-0.4, -0.2) is 12.5 Å². The van der Waals surface area contributed by atoms with Gasteiger partial charge in [-0.1, -0.05) is 48.5 Å². The highest BCUT2D eigenvalue weighted by Gasteiger charge is 2.15. The molecule has 1 N–H and O–H groups in total. The summed E-state index contributed by atoms with van der Waals surface area (Å²) in [7, 11) is 0. The fraction of sp³-hybridized carbons (Fsp3) is 0.118. The van der Waals surface area contributed by atoms with Crippen molar-refractivity contribution in [3.63, 3.8) is 0 Å². The van der Waals surface area contributed by atoms with E-state index in [9.17, 15) is 4.79 Å². The second-order valence-corrected chi connectivity index (χ2v) is 5.26. The number of carbonyl (C=O) groups excluding carboxylic acids is 1. The zero-order valence-corrected chi connectivity index (χ0v) is 12.0. The van der Waals surface area contributed by atoms with Gasteiger partial charge in [0.25, 0.3) is 5.91 Å². The summed E-state index contributed by atoms with van der Waals surface area (Å²) in [4.78, 5) is 12.2. The van der Waals surface area contributed by atoms with Crippen LogP contribution in [-0.2, 0) is 0 Å². The average molecular weight is 300 g/mol. The maximum Gasteiger partial charge on any atom is 0.255 e. The van der Waals surface area contributed by atoms with E-state index in [2.05, 4.69) is 5.32 Å². The molecule has 0 aliphatic carbocycles. The lowest BCUT2D eigenvalue weighted by molar-refractivity contribution is 0.0954. The van der Waals surface area contributed by atoms with E-state index in [1.165, 1.54) is 6.26 Å². The Labute approximate surface area is 127 Å². The van der Waals surface area contributed by atoms with Crippen LogP contribution >= 0.6 is 11.6 Å². The summed E-state index contributed by atoms with van der Waals surface area (Å²) in [5, 5.41) is 3.39. The Morgan fingerprint density at radius 3 is 2.62 bits per heavy atom. The van der Waals surface area contributed by atoms with Crippen molar-refractivity contribution in [2.75, 3.05) is 6.54 Å². The third-order valence-electron chi connectivity index (χ3n) is 3.33. The molecule has 0 aliphatic rings. The van der Waals surface area contributed by atoms with E-state index in [1.54, 1.807) is 0 Å². The largest absolute Gasteiger partial charge is 0.463 e. The lowest BCUT2D eigenvalue weighted by Gasteiger charge is -2.10. The molecule has 1 unspecified atom stereocenters. The number of halogens is 1. The number of para-hydroxylation sites is 1. The minimum atomic E-state index is -0.256. The first-order chi connectivity index (χ1) is 10.3. The van der Waals surface area contributed by atoms with Crippen molar-refractivity contribution in [3.8, 4) is 0 Å². The second kappa shape index (κ2) is 6.02. The Kier molecular flexibility index (Phi) is 3.93. The Bertz CT molecular complexity index is 752. The minimum absolute atomic E-state index is 0.179. The Balaban J connectivity index is 1.70. The molecule has 0 spiro atoms. The van der Waals surface area contributed by atoms with Crippen molar-refractivity contribution in [3.05, 3.63) is 72.0 Å². The Hall–Kier alpha value is -2.26. The normalized spacial score (nSPS) is 12.2. The first kappa shape index (κ1) is 13.7. The Morgan fingerprint density at radius 1 is 1.10 bits per heavy atom. The van der Waals surface area contributed by atoms with Crippen molar-refractivity contribution in [2.45, 2.75) is 5.38 Å². The molecular weight excluding hydrogens is 286 g/mol. The van der Waals surface area contributed by atoms with Crippen LogP contribution in [0.5, 0.6) is 0 Å². The van der Waals surface area contributed by atoms with E-state index in [0.29, 0.717) is 17.7 Å². The molecule has 2 aromatic carbocycles. The molecule has 0 saturated carbocycles. The quantitative estimate of drug-likeness (QED) is 0.736. The molecule has 4 heteroatoms. The molecule has 0 fully saturated rings. The van der Waals surface area contributed by atoms with E-state index in [1.807, 2.05) is 54.6 Å². The number of carbonyl (C=O) groups is 1. The molecule has 106 valence electrons. The van der Waals surface area contributed by atoms with Gasteiger partial charge in [0.05, 0.1) is 10.9 Å². The van der Waals surface area contributed by atoms with Crippen LogP contribution in [0.1, 0.15) is 21.3 Å². The third-order valence-corrected chi connectivity index (χ3v) is 3.73. The number of furan rings is 1. The zero-order valence-electron chi connectivity index (χ0n) is 11.3. The smallest absolute Gasteiger partial charge is 0.255 e. The summed E-state index contributed by atoms with van der Waals surface area (Å²) in [5.41, 5.74) is 2.21. The van der Waals surface area contributed by atoms with E-state index in [0.717, 1.165) is 10.9 Å². The molecule has 1 amide bonds. The van der Waals surface area contributed by atoms with Gasteiger partial charge >= 0.3 is 0 Å². The van der Waals surface area contributed by atoms with E-state index in [4.69, 9.17) is 16.0 Å². The second-order valence-electron chi connectivity index (χ2n) is 4.73. The van der Waals surface area contributed by atoms with Crippen molar-refractivity contribution in [2.24, 2.45) is 0 Å². The molecule has 1 aromatic heterocycles. The van der Waals surface area contributed by atoms with Crippen LogP contribution in [0.4, 0.5) is 0 Å². The van der Waals surface area contributed by atoms with Crippen molar-refractivity contribution in [1.29, 1.82) is 0 Å². The van der Waals surface area contributed by atoms with Crippen molar-refractivity contribution in [1.82, 2.24) is 5.32 Å². The van der Waals surface area contributed by atoms with E-state index in [-0.39, 0.29) is 11.3 Å². The summed E-state index contributed by atoms with van der Waals surface area (Å²) < 4.78 is 5.37. The van der Waals surface area contributed by atoms with Gasteiger partial charge in [-0.05, 0) is 11.6 Å². The highest BCUT2D eigenvalue weighted by atomic mass is 35.5. The highest BCUT2D eigenvalue weighted by Crippen LogP contribution is 2.22. The first-order valence-electron chi connectivity index (χ1n) is 6.69. The standard InChI is InChI=1S/C17H14ClNO2/c18-15(12-6-2-1-3-7-12)10-19-17(20)14-11-21-16-9-5-4-8-13(14)16/h1-9,11,15H,10H2,(H,19,20). The number of hydrogen-bond acceptors (Lipinski definition) is 2. The molecule has 3 aromatic rings. The molecule has 0 radical (unpaired) electrons. The maximum absolute atomic E-state index is 12.2. The number of alkyl halides is 1. The van der Waals surface area contributed by atoms with Gasteiger partial charge in [0.15, 0.2) is 0 Å². The summed E-state index contributed by atoms with van der Waals surface area (Å²) in [6, 6.07) is 17.1. The molecule has 0 saturated heterocycles. The predicted octanol–water partition coefficient (Wildman–Crippen LogP) is 4.14. The van der Waals surface area contributed by atoms with Crippen LogP contribution in [0.2, 0.25) is 0 Å². The number of fused-ring (bicyclic) bond motifs is 1. The maximum atomic E-state index is 12.2. The number of rotatable bonds is 4. The fourth-order valence-corrected chi connectivity index (χ4v) is 2.43. The van der Waals surface area contributed by atoms with Gasteiger partial charge in [-0.3, -0.25) is 4.79 Å². The van der Waals surface area contributed by atoms with Crippen LogP contribution < -0.4 is 5.32 Å². The van der Waals surface area contributed by atoms with Crippen LogP contribution in [0.15, 0.2) is 65.3 Å². The minimum Gasteiger partial charge on any atom is -0.463 e. The first-order valence-corrected chi connectivity index (χ1v) is 7.13. The van der Waals surface area contributed by atoms with Crippen molar-refractivity contribution < 1.29 is 9.21 Å². The third kappa shape index (κ3) is 2.93. The lowest BCUT2D eigenvalue weighted by atomic mass is 10.1. The molecule has 3 nitrogen and oxygen atoms in total. The summed E-state index contributed by atoms with van der Waals surface area (Å²) in [6.07, 6.45) is 1.48. The molecule has 1 heterocycles. The number of hydrogen-bond donors (Lipinski definition) is 1. The summed E-state index contributed by atoms with van der Waals surface area (Å²) in [5.74, 6) is -0.179. The summed E-state index contributed by atoms with van der Waals surface area (Å²) in [6.45, 7) is 0.365. The van der Waals surface area contributed by atoms with Crippen LogP contribution in [0, 0.1) is 0 Å². The van der Waals surface area contributed by atoms with Gasteiger partial charge < -0.3 is 9.73 Å². The average Bonchev–Trinajstić information content (AvgIpc) is 2.97. The van der Waals surface area contributed by atoms with Gasteiger partial charge in [-0.2, -0.15) is 0 Å².